The number of hydrogen-bond acceptors (Lipinski definition) is 4. The van der Waals surface area contributed by atoms with Gasteiger partial charge in [0.1, 0.15) is 23.5 Å². The van der Waals surface area contributed by atoms with E-state index >= 15 is 0 Å². The highest BCUT2D eigenvalue weighted by atomic mass is 19.1. The average Bonchev–Trinajstić information content (AvgIpc) is 2.66. The molecule has 0 saturated carbocycles. The van der Waals surface area contributed by atoms with E-state index in [1.54, 1.807) is 7.05 Å². The normalized spacial score (nSPS) is 10.2. The van der Waals surface area contributed by atoms with Crippen LogP contribution in [0.1, 0.15) is 10.4 Å². The lowest BCUT2D eigenvalue weighted by molar-refractivity contribution is 0.0693. The van der Waals surface area contributed by atoms with Crippen LogP contribution < -0.4 is 4.74 Å². The first-order valence-electron chi connectivity index (χ1n) is 4.62. The predicted molar refractivity (Wildman–Crippen MR) is 54.4 cm³/mol. The molecule has 7 heteroatoms. The summed E-state index contributed by atoms with van der Waals surface area (Å²) < 4.78 is 19.5. The first kappa shape index (κ1) is 11.1. The molecule has 0 radical (unpaired) electrons. The number of carbonyl (C=O) groups is 1. The molecular formula is C10H8FN3O3. The van der Waals surface area contributed by atoms with Crippen molar-refractivity contribution in [2.24, 2.45) is 7.05 Å². The molecule has 1 aromatic heterocycles. The third-order valence-electron chi connectivity index (χ3n) is 1.95. The Bertz CT molecular complexity index is 568. The van der Waals surface area contributed by atoms with Crippen LogP contribution in [0.25, 0.3) is 0 Å². The first-order chi connectivity index (χ1) is 8.06. The molecule has 0 unspecified atom stereocenters. The van der Waals surface area contributed by atoms with Gasteiger partial charge in [0, 0.05) is 7.05 Å². The number of ether oxygens (including phenoxy) is 1. The number of carboxylic acids is 1. The van der Waals surface area contributed by atoms with E-state index in [1.165, 1.54) is 17.1 Å². The SMILES string of the molecule is Cn1cnc(Oc2ccc(F)cc2C(=O)O)n1. The van der Waals surface area contributed by atoms with Crippen molar-refractivity contribution in [3.05, 3.63) is 35.9 Å². The third kappa shape index (κ3) is 2.39. The molecule has 0 amide bonds. The van der Waals surface area contributed by atoms with Gasteiger partial charge in [-0.2, -0.15) is 4.98 Å². The van der Waals surface area contributed by atoms with E-state index in [9.17, 15) is 9.18 Å². The number of nitrogens with zero attached hydrogens (tertiary/aromatic N) is 3. The van der Waals surface area contributed by atoms with Gasteiger partial charge in [0.2, 0.25) is 0 Å². The van der Waals surface area contributed by atoms with E-state index in [0.717, 1.165) is 12.1 Å². The molecule has 0 saturated heterocycles. The molecule has 2 aromatic rings. The lowest BCUT2D eigenvalue weighted by atomic mass is 10.2. The minimum Gasteiger partial charge on any atom is -0.478 e. The molecule has 1 N–H and O–H groups in total. The molecule has 2 rings (SSSR count). The maximum atomic E-state index is 12.9. The van der Waals surface area contributed by atoms with Crippen molar-refractivity contribution >= 4 is 5.97 Å². The van der Waals surface area contributed by atoms with E-state index in [1.807, 2.05) is 0 Å². The Hall–Kier alpha value is -2.44. The molecule has 0 spiro atoms. The third-order valence-corrected chi connectivity index (χ3v) is 1.95. The summed E-state index contributed by atoms with van der Waals surface area (Å²) in [4.78, 5) is 14.7. The van der Waals surface area contributed by atoms with E-state index in [-0.39, 0.29) is 17.3 Å². The lowest BCUT2D eigenvalue weighted by Crippen LogP contribution is -2.01. The molecule has 0 aliphatic heterocycles. The molecule has 17 heavy (non-hydrogen) atoms. The number of halogens is 1. The van der Waals surface area contributed by atoms with Crippen LogP contribution in [0.2, 0.25) is 0 Å². The zero-order valence-electron chi connectivity index (χ0n) is 8.79. The number of aromatic carboxylic acids is 1. The molecule has 0 bridgehead atoms. The predicted octanol–water partition coefficient (Wildman–Crippen LogP) is 1.44. The van der Waals surface area contributed by atoms with Crippen molar-refractivity contribution in [3.8, 4) is 11.8 Å². The van der Waals surface area contributed by atoms with Crippen LogP contribution in [-0.4, -0.2) is 25.8 Å². The molecule has 6 nitrogen and oxygen atoms in total. The molecule has 88 valence electrons. The van der Waals surface area contributed by atoms with Gasteiger partial charge >= 0.3 is 12.0 Å². The Labute approximate surface area is 95.3 Å². The van der Waals surface area contributed by atoms with Gasteiger partial charge in [0.15, 0.2) is 0 Å². The number of aryl methyl sites for hydroxylation is 1. The van der Waals surface area contributed by atoms with Crippen LogP contribution in [-0.2, 0) is 7.05 Å². The summed E-state index contributed by atoms with van der Waals surface area (Å²) in [5.74, 6) is -1.94. The monoisotopic (exact) mass is 237 g/mol. The van der Waals surface area contributed by atoms with Crippen molar-refractivity contribution in [1.29, 1.82) is 0 Å². The van der Waals surface area contributed by atoms with Gasteiger partial charge in [-0.1, -0.05) is 0 Å². The highest BCUT2D eigenvalue weighted by Crippen LogP contribution is 2.23. The van der Waals surface area contributed by atoms with E-state index in [0.29, 0.717) is 0 Å². The highest BCUT2D eigenvalue weighted by molar-refractivity contribution is 5.90. The first-order valence-corrected chi connectivity index (χ1v) is 4.62. The van der Waals surface area contributed by atoms with Gasteiger partial charge in [-0.25, -0.2) is 9.18 Å². The van der Waals surface area contributed by atoms with E-state index in [4.69, 9.17) is 9.84 Å². The minimum absolute atomic E-state index is 0.00149. The van der Waals surface area contributed by atoms with E-state index in [2.05, 4.69) is 10.1 Å². The van der Waals surface area contributed by atoms with Gasteiger partial charge in [-0.3, -0.25) is 4.68 Å². The van der Waals surface area contributed by atoms with Crippen molar-refractivity contribution in [3.63, 3.8) is 0 Å². The summed E-state index contributed by atoms with van der Waals surface area (Å²) in [5, 5.41) is 12.7. The van der Waals surface area contributed by atoms with Crippen LogP contribution >= 0.6 is 0 Å². The quantitative estimate of drug-likeness (QED) is 0.874. The number of carboxylic acid groups (broad SMARTS) is 1. The molecular weight excluding hydrogens is 229 g/mol. The molecule has 1 heterocycles. The van der Waals surface area contributed by atoms with Crippen LogP contribution in [0.5, 0.6) is 11.8 Å². The van der Waals surface area contributed by atoms with Crippen molar-refractivity contribution in [1.82, 2.24) is 14.8 Å². The van der Waals surface area contributed by atoms with Gasteiger partial charge in [0.25, 0.3) is 0 Å². The van der Waals surface area contributed by atoms with Gasteiger partial charge in [-0.15, -0.1) is 5.10 Å². The molecule has 1 aromatic carbocycles. The number of hydrogen-bond donors (Lipinski definition) is 1. The topological polar surface area (TPSA) is 77.2 Å². The summed E-state index contributed by atoms with van der Waals surface area (Å²) in [6, 6.07) is 3.20. The minimum atomic E-state index is -1.28. The summed E-state index contributed by atoms with van der Waals surface area (Å²) in [5.41, 5.74) is -0.280. The fourth-order valence-corrected chi connectivity index (χ4v) is 1.22. The Morgan fingerprint density at radius 2 is 2.29 bits per heavy atom. The maximum Gasteiger partial charge on any atom is 0.341 e. The summed E-state index contributed by atoms with van der Waals surface area (Å²) in [6.07, 6.45) is 1.40. The van der Waals surface area contributed by atoms with Crippen molar-refractivity contribution < 1.29 is 19.0 Å². The summed E-state index contributed by atoms with van der Waals surface area (Å²) in [6.45, 7) is 0. The Morgan fingerprint density at radius 3 is 2.88 bits per heavy atom. The zero-order chi connectivity index (χ0) is 12.4. The van der Waals surface area contributed by atoms with Gasteiger partial charge < -0.3 is 9.84 Å². The summed E-state index contributed by atoms with van der Waals surface area (Å²) in [7, 11) is 1.64. The number of benzene rings is 1. The maximum absolute atomic E-state index is 12.9. The van der Waals surface area contributed by atoms with Crippen molar-refractivity contribution in [2.75, 3.05) is 0 Å². The largest absolute Gasteiger partial charge is 0.478 e. The van der Waals surface area contributed by atoms with E-state index < -0.39 is 11.8 Å². The summed E-state index contributed by atoms with van der Waals surface area (Å²) >= 11 is 0. The molecule has 0 aliphatic rings. The fraction of sp³-hybridized carbons (Fsp3) is 0.100. The Morgan fingerprint density at radius 1 is 1.53 bits per heavy atom. The number of rotatable bonds is 3. The van der Waals surface area contributed by atoms with Crippen LogP contribution in [0, 0.1) is 5.82 Å². The lowest BCUT2D eigenvalue weighted by Gasteiger charge is -2.04. The highest BCUT2D eigenvalue weighted by Gasteiger charge is 2.14. The van der Waals surface area contributed by atoms with Crippen molar-refractivity contribution in [2.45, 2.75) is 0 Å². The second-order valence-electron chi connectivity index (χ2n) is 3.25. The average molecular weight is 237 g/mol. The van der Waals surface area contributed by atoms with Gasteiger partial charge in [-0.05, 0) is 18.2 Å². The molecule has 0 atom stereocenters. The smallest absolute Gasteiger partial charge is 0.341 e. The van der Waals surface area contributed by atoms with Gasteiger partial charge in [0.05, 0.1) is 0 Å². The Kier molecular flexibility index (Phi) is 2.73. The second-order valence-corrected chi connectivity index (χ2v) is 3.25. The molecule has 0 fully saturated rings. The van der Waals surface area contributed by atoms with Crippen LogP contribution in [0.4, 0.5) is 4.39 Å². The standard InChI is InChI=1S/C10H8FN3O3/c1-14-5-12-10(13-14)17-8-3-2-6(11)4-7(8)9(15)16/h2-5H,1H3,(H,15,16). The fourth-order valence-electron chi connectivity index (χ4n) is 1.22. The van der Waals surface area contributed by atoms with Crippen LogP contribution in [0.3, 0.4) is 0 Å². The zero-order valence-corrected chi connectivity index (χ0v) is 8.79. The second kappa shape index (κ2) is 4.20. The number of aromatic nitrogens is 3. The Balaban J connectivity index is 2.35. The molecule has 0 aliphatic carbocycles. The van der Waals surface area contributed by atoms with Crippen LogP contribution in [0.15, 0.2) is 24.5 Å².